The molecule has 1 aliphatic rings. The Morgan fingerprint density at radius 3 is 2.44 bits per heavy atom. The van der Waals surface area contributed by atoms with Gasteiger partial charge in [-0.25, -0.2) is 0 Å². The highest BCUT2D eigenvalue weighted by Crippen LogP contribution is 2.33. The molecule has 1 heterocycles. The van der Waals surface area contributed by atoms with E-state index in [1.165, 1.54) is 28.8 Å². The summed E-state index contributed by atoms with van der Waals surface area (Å²) in [4.78, 5) is 2.51. The van der Waals surface area contributed by atoms with Crippen molar-refractivity contribution in [2.75, 3.05) is 18.0 Å². The Kier molecular flexibility index (Phi) is 3.96. The molecule has 0 saturated carbocycles. The van der Waals surface area contributed by atoms with Gasteiger partial charge < -0.3 is 4.90 Å². The molecule has 1 aliphatic heterocycles. The molecule has 0 radical (unpaired) electrons. The Balaban J connectivity index is 2.29. The van der Waals surface area contributed by atoms with Gasteiger partial charge in [0, 0.05) is 28.6 Å². The van der Waals surface area contributed by atoms with Crippen LogP contribution in [0, 0.1) is 11.8 Å². The SMILES string of the molecule is CC1CN(c2cc(Br)ccc2CBr)CC1C. The number of alkyl halides is 1. The van der Waals surface area contributed by atoms with E-state index < -0.39 is 0 Å². The predicted octanol–water partition coefficient (Wildman–Crippen LogP) is 4.44. The number of benzene rings is 1. The first kappa shape index (κ1) is 12.4. The molecule has 2 atom stereocenters. The molecule has 1 saturated heterocycles. The van der Waals surface area contributed by atoms with E-state index in [9.17, 15) is 0 Å². The second-order valence-electron chi connectivity index (χ2n) is 4.77. The van der Waals surface area contributed by atoms with Crippen LogP contribution in [0.4, 0.5) is 5.69 Å². The van der Waals surface area contributed by atoms with Gasteiger partial charge in [0.15, 0.2) is 0 Å². The average Bonchev–Trinajstić information content (AvgIpc) is 2.59. The van der Waals surface area contributed by atoms with Gasteiger partial charge in [0.1, 0.15) is 0 Å². The molecule has 0 spiro atoms. The monoisotopic (exact) mass is 345 g/mol. The molecule has 16 heavy (non-hydrogen) atoms. The van der Waals surface area contributed by atoms with Crippen molar-refractivity contribution in [1.82, 2.24) is 0 Å². The minimum absolute atomic E-state index is 0.794. The van der Waals surface area contributed by atoms with Gasteiger partial charge in [-0.05, 0) is 29.5 Å². The summed E-state index contributed by atoms with van der Waals surface area (Å²) in [5, 5.41) is 0.925. The number of anilines is 1. The minimum atomic E-state index is 0.794. The van der Waals surface area contributed by atoms with Crippen LogP contribution in [0.1, 0.15) is 19.4 Å². The lowest BCUT2D eigenvalue weighted by atomic mass is 10.0. The number of hydrogen-bond acceptors (Lipinski definition) is 1. The van der Waals surface area contributed by atoms with Gasteiger partial charge in [0.25, 0.3) is 0 Å². The lowest BCUT2D eigenvalue weighted by Crippen LogP contribution is -2.20. The zero-order chi connectivity index (χ0) is 11.7. The second-order valence-corrected chi connectivity index (χ2v) is 6.24. The summed E-state index contributed by atoms with van der Waals surface area (Å²) in [5.74, 6) is 1.59. The Morgan fingerprint density at radius 1 is 1.25 bits per heavy atom. The van der Waals surface area contributed by atoms with E-state index in [0.29, 0.717) is 0 Å². The van der Waals surface area contributed by atoms with Crippen LogP contribution in [0.15, 0.2) is 22.7 Å². The lowest BCUT2D eigenvalue weighted by Gasteiger charge is -2.21. The fourth-order valence-corrected chi connectivity index (χ4v) is 3.09. The summed E-state index contributed by atoms with van der Waals surface area (Å²) in [5.41, 5.74) is 2.76. The molecule has 1 nitrogen and oxygen atoms in total. The molecule has 0 aromatic heterocycles. The van der Waals surface area contributed by atoms with Crippen molar-refractivity contribution in [1.29, 1.82) is 0 Å². The van der Waals surface area contributed by atoms with E-state index in [1.807, 2.05) is 0 Å². The van der Waals surface area contributed by atoms with Crippen LogP contribution < -0.4 is 4.90 Å². The molecule has 1 aromatic rings. The summed E-state index contributed by atoms with van der Waals surface area (Å²) in [6.45, 7) is 7.04. The normalized spacial score (nSPS) is 25.1. The summed E-state index contributed by atoms with van der Waals surface area (Å²) in [7, 11) is 0. The number of nitrogens with zero attached hydrogens (tertiary/aromatic N) is 1. The molecule has 1 aromatic carbocycles. The van der Waals surface area contributed by atoms with Crippen LogP contribution >= 0.6 is 31.9 Å². The number of hydrogen-bond donors (Lipinski definition) is 0. The van der Waals surface area contributed by atoms with Crippen molar-refractivity contribution in [3.63, 3.8) is 0 Å². The summed E-state index contributed by atoms with van der Waals surface area (Å²) >= 11 is 7.13. The van der Waals surface area contributed by atoms with E-state index in [2.05, 4.69) is 68.8 Å². The van der Waals surface area contributed by atoms with Crippen molar-refractivity contribution in [2.45, 2.75) is 19.2 Å². The first-order valence-electron chi connectivity index (χ1n) is 5.71. The van der Waals surface area contributed by atoms with Gasteiger partial charge in [-0.2, -0.15) is 0 Å². The minimum Gasteiger partial charge on any atom is -0.371 e. The molecule has 0 aliphatic carbocycles. The van der Waals surface area contributed by atoms with Crippen LogP contribution in [-0.4, -0.2) is 13.1 Å². The molecule has 2 rings (SSSR count). The molecule has 2 unspecified atom stereocenters. The Morgan fingerprint density at radius 2 is 1.88 bits per heavy atom. The van der Waals surface area contributed by atoms with Gasteiger partial charge in [0.05, 0.1) is 0 Å². The van der Waals surface area contributed by atoms with Gasteiger partial charge in [0.2, 0.25) is 0 Å². The quantitative estimate of drug-likeness (QED) is 0.716. The number of halogens is 2. The van der Waals surface area contributed by atoms with Crippen molar-refractivity contribution in [3.8, 4) is 0 Å². The largest absolute Gasteiger partial charge is 0.371 e. The van der Waals surface area contributed by atoms with E-state index in [4.69, 9.17) is 0 Å². The van der Waals surface area contributed by atoms with Crippen LogP contribution in [0.2, 0.25) is 0 Å². The fourth-order valence-electron chi connectivity index (χ4n) is 2.27. The highest BCUT2D eigenvalue weighted by atomic mass is 79.9. The van der Waals surface area contributed by atoms with Gasteiger partial charge >= 0.3 is 0 Å². The maximum atomic E-state index is 3.57. The summed E-state index contributed by atoms with van der Waals surface area (Å²) in [6, 6.07) is 6.55. The Hall–Kier alpha value is -0.0200. The van der Waals surface area contributed by atoms with Crippen LogP contribution in [0.5, 0.6) is 0 Å². The van der Waals surface area contributed by atoms with Crippen molar-refractivity contribution in [3.05, 3.63) is 28.2 Å². The maximum absolute atomic E-state index is 3.57. The van der Waals surface area contributed by atoms with Crippen molar-refractivity contribution >= 4 is 37.5 Å². The van der Waals surface area contributed by atoms with Crippen LogP contribution in [-0.2, 0) is 5.33 Å². The zero-order valence-corrected chi connectivity index (χ0v) is 12.9. The molecule has 0 N–H and O–H groups in total. The van der Waals surface area contributed by atoms with Crippen LogP contribution in [0.3, 0.4) is 0 Å². The first-order valence-corrected chi connectivity index (χ1v) is 7.62. The van der Waals surface area contributed by atoms with Gasteiger partial charge in [-0.1, -0.05) is 51.8 Å². The summed E-state index contributed by atoms with van der Waals surface area (Å²) in [6.07, 6.45) is 0. The zero-order valence-electron chi connectivity index (χ0n) is 9.71. The molecular weight excluding hydrogens is 330 g/mol. The molecular formula is C13H17Br2N. The Bertz CT molecular complexity index is 368. The fraction of sp³-hybridized carbons (Fsp3) is 0.538. The van der Waals surface area contributed by atoms with Crippen molar-refractivity contribution < 1.29 is 0 Å². The lowest BCUT2D eigenvalue weighted by molar-refractivity contribution is 0.494. The standard InChI is InChI=1S/C13H17Br2N/c1-9-7-16(8-10(9)2)13-5-12(15)4-3-11(13)6-14/h3-5,9-10H,6-8H2,1-2H3. The second kappa shape index (κ2) is 5.09. The highest BCUT2D eigenvalue weighted by Gasteiger charge is 2.27. The summed E-state index contributed by atoms with van der Waals surface area (Å²) < 4.78 is 1.17. The van der Waals surface area contributed by atoms with E-state index >= 15 is 0 Å². The number of rotatable bonds is 2. The van der Waals surface area contributed by atoms with Gasteiger partial charge in [-0.3, -0.25) is 0 Å². The predicted molar refractivity (Wildman–Crippen MR) is 77.3 cm³/mol. The topological polar surface area (TPSA) is 3.24 Å². The molecule has 3 heteroatoms. The first-order chi connectivity index (χ1) is 7.61. The third-order valence-corrected chi connectivity index (χ3v) is 4.62. The smallest absolute Gasteiger partial charge is 0.0418 e. The Labute approximate surface area is 114 Å². The van der Waals surface area contributed by atoms with Crippen molar-refractivity contribution in [2.24, 2.45) is 11.8 Å². The average molecular weight is 347 g/mol. The van der Waals surface area contributed by atoms with E-state index in [1.54, 1.807) is 0 Å². The highest BCUT2D eigenvalue weighted by molar-refractivity contribution is 9.10. The maximum Gasteiger partial charge on any atom is 0.0418 e. The molecule has 0 bridgehead atoms. The van der Waals surface area contributed by atoms with E-state index in [0.717, 1.165) is 17.2 Å². The molecule has 88 valence electrons. The third kappa shape index (κ3) is 2.45. The molecule has 0 amide bonds. The van der Waals surface area contributed by atoms with E-state index in [-0.39, 0.29) is 0 Å². The van der Waals surface area contributed by atoms with Gasteiger partial charge in [-0.15, -0.1) is 0 Å². The van der Waals surface area contributed by atoms with Crippen LogP contribution in [0.25, 0.3) is 0 Å². The molecule has 1 fully saturated rings. The third-order valence-electron chi connectivity index (χ3n) is 3.52.